The highest BCUT2D eigenvalue weighted by molar-refractivity contribution is 6.30. The summed E-state index contributed by atoms with van der Waals surface area (Å²) in [5.74, 6) is -0.358. The van der Waals surface area contributed by atoms with E-state index >= 15 is 4.39 Å². The van der Waals surface area contributed by atoms with E-state index in [2.05, 4.69) is 14.9 Å². The van der Waals surface area contributed by atoms with Crippen molar-refractivity contribution in [3.05, 3.63) is 17.2 Å². The molecule has 0 aliphatic carbocycles. The predicted molar refractivity (Wildman–Crippen MR) is 135 cm³/mol. The monoisotopic (exact) mass is 538 g/mol. The SMILES string of the molecule is CC(C)(C)[C@@H]1C(OC(N)=O)CCCN1c1nc(OC[C@@]23CCCN2C[C@H](F)C3)nc2c(F)c(Cl)ncc12. The van der Waals surface area contributed by atoms with Crippen LogP contribution in [0.4, 0.5) is 19.4 Å². The molecular formula is C25H33ClF2N6O3. The first-order valence-electron chi connectivity index (χ1n) is 12.7. The van der Waals surface area contributed by atoms with Crippen LogP contribution in [0.3, 0.4) is 0 Å². The summed E-state index contributed by atoms with van der Waals surface area (Å²) >= 11 is 6.01. The van der Waals surface area contributed by atoms with E-state index in [0.29, 0.717) is 43.6 Å². The molecule has 2 aromatic rings. The summed E-state index contributed by atoms with van der Waals surface area (Å²) < 4.78 is 41.1. The van der Waals surface area contributed by atoms with Gasteiger partial charge in [-0.25, -0.2) is 18.6 Å². The van der Waals surface area contributed by atoms with Crippen molar-refractivity contribution in [2.24, 2.45) is 11.1 Å². The third-order valence-corrected chi connectivity index (χ3v) is 8.10. The molecule has 3 fully saturated rings. The minimum atomic E-state index is -0.901. The Hall–Kier alpha value is -2.53. The molecule has 4 atom stereocenters. The van der Waals surface area contributed by atoms with Crippen molar-refractivity contribution in [1.29, 1.82) is 0 Å². The van der Waals surface area contributed by atoms with E-state index in [9.17, 15) is 9.18 Å². The van der Waals surface area contributed by atoms with Gasteiger partial charge in [0.1, 0.15) is 30.2 Å². The van der Waals surface area contributed by atoms with E-state index in [1.54, 1.807) is 0 Å². The van der Waals surface area contributed by atoms with Gasteiger partial charge in [0.2, 0.25) is 0 Å². The Morgan fingerprint density at radius 1 is 1.30 bits per heavy atom. The number of nitrogens with zero attached hydrogens (tertiary/aromatic N) is 5. The van der Waals surface area contributed by atoms with Gasteiger partial charge in [0.25, 0.3) is 0 Å². The van der Waals surface area contributed by atoms with Crippen LogP contribution in [-0.4, -0.2) is 76.0 Å². The molecule has 0 saturated carbocycles. The minimum absolute atomic E-state index is 0.0128. The molecule has 5 rings (SSSR count). The van der Waals surface area contributed by atoms with Crippen LogP contribution in [0.5, 0.6) is 6.01 Å². The Balaban J connectivity index is 1.56. The van der Waals surface area contributed by atoms with Crippen molar-refractivity contribution < 1.29 is 23.0 Å². The molecular weight excluding hydrogens is 506 g/mol. The summed E-state index contributed by atoms with van der Waals surface area (Å²) in [4.78, 5) is 28.9. The van der Waals surface area contributed by atoms with E-state index in [1.165, 1.54) is 6.20 Å². The number of amides is 1. The number of halogens is 3. The molecule has 9 nitrogen and oxygen atoms in total. The molecule has 3 saturated heterocycles. The molecule has 2 aromatic heterocycles. The van der Waals surface area contributed by atoms with Crippen LogP contribution in [0.2, 0.25) is 5.15 Å². The van der Waals surface area contributed by atoms with Gasteiger partial charge in [-0.1, -0.05) is 32.4 Å². The molecule has 5 heterocycles. The van der Waals surface area contributed by atoms with E-state index < -0.39 is 29.7 Å². The highest BCUT2D eigenvalue weighted by Crippen LogP contribution is 2.42. The Labute approximate surface area is 219 Å². The molecule has 12 heteroatoms. The van der Waals surface area contributed by atoms with Crippen LogP contribution in [-0.2, 0) is 4.74 Å². The van der Waals surface area contributed by atoms with Crippen molar-refractivity contribution in [1.82, 2.24) is 19.9 Å². The first-order chi connectivity index (χ1) is 17.5. The average Bonchev–Trinajstić information content (AvgIpc) is 3.34. The molecule has 2 N–H and O–H groups in total. The molecule has 0 radical (unpaired) electrons. The quantitative estimate of drug-likeness (QED) is 0.563. The summed E-state index contributed by atoms with van der Waals surface area (Å²) in [7, 11) is 0. The molecule has 1 unspecified atom stereocenters. The Kier molecular flexibility index (Phi) is 6.81. The Morgan fingerprint density at radius 3 is 2.81 bits per heavy atom. The number of aromatic nitrogens is 3. The second-order valence-corrected chi connectivity index (χ2v) is 11.8. The van der Waals surface area contributed by atoms with Gasteiger partial charge in [0, 0.05) is 25.7 Å². The fourth-order valence-corrected chi connectivity index (χ4v) is 6.56. The molecule has 3 aliphatic rings. The molecule has 0 bridgehead atoms. The molecule has 202 valence electrons. The maximum Gasteiger partial charge on any atom is 0.404 e. The number of anilines is 1. The third kappa shape index (κ3) is 4.87. The summed E-state index contributed by atoms with van der Waals surface area (Å²) in [6, 6.07) is -0.331. The minimum Gasteiger partial charge on any atom is -0.461 e. The van der Waals surface area contributed by atoms with Crippen LogP contribution >= 0.6 is 11.6 Å². The largest absolute Gasteiger partial charge is 0.461 e. The van der Waals surface area contributed by atoms with Crippen molar-refractivity contribution in [2.75, 3.05) is 31.1 Å². The predicted octanol–water partition coefficient (Wildman–Crippen LogP) is 4.25. The third-order valence-electron chi connectivity index (χ3n) is 7.83. The van der Waals surface area contributed by atoms with E-state index in [1.807, 2.05) is 25.7 Å². The molecule has 1 amide bonds. The number of piperidine rings is 1. The Bertz CT molecular complexity index is 1200. The number of rotatable bonds is 5. The van der Waals surface area contributed by atoms with Gasteiger partial charge < -0.3 is 20.1 Å². The van der Waals surface area contributed by atoms with Crippen molar-refractivity contribution in [3.63, 3.8) is 0 Å². The number of fused-ring (bicyclic) bond motifs is 2. The zero-order chi connectivity index (χ0) is 26.5. The lowest BCUT2D eigenvalue weighted by Crippen LogP contribution is -2.57. The van der Waals surface area contributed by atoms with Crippen LogP contribution in [0.25, 0.3) is 10.9 Å². The number of carbonyl (C=O) groups is 1. The van der Waals surface area contributed by atoms with Crippen LogP contribution in [0.15, 0.2) is 6.20 Å². The second kappa shape index (κ2) is 9.65. The first-order valence-corrected chi connectivity index (χ1v) is 13.1. The topological polar surface area (TPSA) is 107 Å². The molecule has 0 aromatic carbocycles. The summed E-state index contributed by atoms with van der Waals surface area (Å²) in [5.41, 5.74) is 4.60. The summed E-state index contributed by atoms with van der Waals surface area (Å²) in [6.07, 6.45) is 2.72. The smallest absolute Gasteiger partial charge is 0.404 e. The highest BCUT2D eigenvalue weighted by atomic mass is 35.5. The van der Waals surface area contributed by atoms with Gasteiger partial charge >= 0.3 is 12.1 Å². The van der Waals surface area contributed by atoms with E-state index in [0.717, 1.165) is 19.4 Å². The van der Waals surface area contributed by atoms with Crippen molar-refractivity contribution in [3.8, 4) is 6.01 Å². The lowest BCUT2D eigenvalue weighted by Gasteiger charge is -2.47. The van der Waals surface area contributed by atoms with E-state index in [4.69, 9.17) is 31.8 Å². The number of pyridine rings is 1. The van der Waals surface area contributed by atoms with Gasteiger partial charge in [-0.3, -0.25) is 4.90 Å². The average molecular weight is 539 g/mol. The maximum absolute atomic E-state index is 15.2. The zero-order valence-corrected chi connectivity index (χ0v) is 22.1. The lowest BCUT2D eigenvalue weighted by molar-refractivity contribution is 0.0399. The van der Waals surface area contributed by atoms with Crippen LogP contribution in [0.1, 0.15) is 52.9 Å². The standard InChI is InChI=1S/C25H33ClF2N6O3/c1-24(2,3)19-16(37-22(29)35)6-4-9-34(19)21-15-11-30-20(26)17(28)18(15)31-23(32-21)36-13-25-7-5-8-33(25)12-14(27)10-25/h11,14,16,19H,4-10,12-13H2,1-3H3,(H2,29,35)/t14-,16?,19+,25+/m1/s1. The molecule has 0 spiro atoms. The molecule has 3 aliphatic heterocycles. The van der Waals surface area contributed by atoms with Gasteiger partial charge in [0.05, 0.1) is 17.0 Å². The number of hydrogen-bond donors (Lipinski definition) is 1. The lowest BCUT2D eigenvalue weighted by atomic mass is 9.78. The zero-order valence-electron chi connectivity index (χ0n) is 21.3. The van der Waals surface area contributed by atoms with Gasteiger partial charge in [0.15, 0.2) is 11.0 Å². The summed E-state index contributed by atoms with van der Waals surface area (Å²) in [5, 5.41) is 0.0641. The van der Waals surface area contributed by atoms with Gasteiger partial charge in [-0.05, 0) is 37.6 Å². The first kappa shape index (κ1) is 26.1. The normalized spacial score (nSPS) is 28.5. The fraction of sp³-hybridized carbons (Fsp3) is 0.680. The fourth-order valence-electron chi connectivity index (χ4n) is 6.43. The van der Waals surface area contributed by atoms with Gasteiger partial charge in [-0.2, -0.15) is 9.97 Å². The highest BCUT2D eigenvalue weighted by Gasteiger charge is 2.49. The second-order valence-electron chi connectivity index (χ2n) is 11.4. The number of alkyl halides is 1. The Morgan fingerprint density at radius 2 is 2.08 bits per heavy atom. The maximum atomic E-state index is 15.2. The number of hydrogen-bond acceptors (Lipinski definition) is 8. The van der Waals surface area contributed by atoms with Crippen molar-refractivity contribution in [2.45, 2.75) is 76.7 Å². The van der Waals surface area contributed by atoms with Crippen LogP contribution in [0, 0.1) is 11.2 Å². The summed E-state index contributed by atoms with van der Waals surface area (Å²) in [6.45, 7) is 8.10. The van der Waals surface area contributed by atoms with Gasteiger partial charge in [-0.15, -0.1) is 0 Å². The van der Waals surface area contributed by atoms with Crippen molar-refractivity contribution >= 4 is 34.4 Å². The molecule has 37 heavy (non-hydrogen) atoms. The number of nitrogens with two attached hydrogens (primary N) is 1. The van der Waals surface area contributed by atoms with E-state index in [-0.39, 0.29) is 34.7 Å². The number of primary amides is 1. The number of carbonyl (C=O) groups excluding carboxylic acids is 1. The number of ether oxygens (including phenoxy) is 2. The van der Waals surface area contributed by atoms with Crippen LogP contribution < -0.4 is 15.4 Å².